The van der Waals surface area contributed by atoms with Gasteiger partial charge in [0.2, 0.25) is 0 Å². The Hall–Kier alpha value is -3.72. The maximum atomic E-state index is 12.8. The second-order valence-electron chi connectivity index (χ2n) is 6.38. The minimum absolute atomic E-state index is 0.0276. The van der Waals surface area contributed by atoms with Crippen molar-refractivity contribution in [3.63, 3.8) is 0 Å². The summed E-state index contributed by atoms with van der Waals surface area (Å²) in [4.78, 5) is 12.4. The molecule has 9 heteroatoms. The molecule has 0 unspecified atom stereocenters. The number of methoxy groups -OCH3 is 3. The maximum Gasteiger partial charge on any atom is 0.262 e. The molecule has 1 amide bonds. The van der Waals surface area contributed by atoms with Crippen LogP contribution in [-0.2, 0) is 10.0 Å². The number of sulfonamides is 1. The molecule has 162 valence electrons. The van der Waals surface area contributed by atoms with Crippen molar-refractivity contribution in [3.8, 4) is 17.2 Å². The lowest BCUT2D eigenvalue weighted by Gasteiger charge is -2.13. The summed E-state index contributed by atoms with van der Waals surface area (Å²) in [5.41, 5.74) is 1.15. The Balaban J connectivity index is 1.75. The van der Waals surface area contributed by atoms with Crippen LogP contribution in [0.4, 0.5) is 11.4 Å². The standard InChI is InChI=1S/C22H22N2O6S/c1-28-17-8-4-15(5-9-17)22(25)23-16-6-11-19(12-7-16)31(26,27)24-20-14-18(29-2)10-13-21(20)30-3/h4-14,24H,1-3H3,(H,23,25). The second kappa shape index (κ2) is 9.40. The van der Waals surface area contributed by atoms with Crippen LogP contribution in [0.2, 0.25) is 0 Å². The molecule has 3 rings (SSSR count). The van der Waals surface area contributed by atoms with Crippen LogP contribution >= 0.6 is 0 Å². The van der Waals surface area contributed by atoms with Gasteiger partial charge in [-0.05, 0) is 60.7 Å². The third kappa shape index (κ3) is 5.26. The highest BCUT2D eigenvalue weighted by molar-refractivity contribution is 7.92. The molecule has 0 aromatic heterocycles. The summed E-state index contributed by atoms with van der Waals surface area (Å²) in [6.07, 6.45) is 0. The lowest BCUT2D eigenvalue weighted by Crippen LogP contribution is -2.14. The molecule has 0 heterocycles. The second-order valence-corrected chi connectivity index (χ2v) is 8.06. The van der Waals surface area contributed by atoms with Crippen molar-refractivity contribution in [2.45, 2.75) is 4.90 Å². The molecule has 0 saturated carbocycles. The van der Waals surface area contributed by atoms with Gasteiger partial charge in [-0.1, -0.05) is 0 Å². The summed E-state index contributed by atoms with van der Waals surface area (Å²) in [7, 11) is 0.587. The van der Waals surface area contributed by atoms with Crippen molar-refractivity contribution in [2.75, 3.05) is 31.4 Å². The highest BCUT2D eigenvalue weighted by Crippen LogP contribution is 2.31. The smallest absolute Gasteiger partial charge is 0.262 e. The van der Waals surface area contributed by atoms with Crippen LogP contribution in [0, 0.1) is 0 Å². The first-order chi connectivity index (χ1) is 14.9. The quantitative estimate of drug-likeness (QED) is 0.551. The highest BCUT2D eigenvalue weighted by Gasteiger charge is 2.17. The van der Waals surface area contributed by atoms with Crippen molar-refractivity contribution in [3.05, 3.63) is 72.3 Å². The third-order valence-corrected chi connectivity index (χ3v) is 5.81. The molecule has 0 spiro atoms. The van der Waals surface area contributed by atoms with Crippen LogP contribution in [0.25, 0.3) is 0 Å². The molecule has 0 bridgehead atoms. The lowest BCUT2D eigenvalue weighted by atomic mass is 10.2. The summed E-state index contributed by atoms with van der Waals surface area (Å²) in [6, 6.07) is 17.3. The average Bonchev–Trinajstić information content (AvgIpc) is 2.79. The van der Waals surface area contributed by atoms with Gasteiger partial charge in [-0.2, -0.15) is 0 Å². The van der Waals surface area contributed by atoms with Gasteiger partial charge in [0, 0.05) is 17.3 Å². The number of rotatable bonds is 8. The summed E-state index contributed by atoms with van der Waals surface area (Å²) >= 11 is 0. The van der Waals surface area contributed by atoms with Crippen molar-refractivity contribution >= 4 is 27.3 Å². The minimum Gasteiger partial charge on any atom is -0.497 e. The van der Waals surface area contributed by atoms with Crippen molar-refractivity contribution in [1.82, 2.24) is 0 Å². The van der Waals surface area contributed by atoms with E-state index in [1.165, 1.54) is 44.6 Å². The zero-order valence-electron chi connectivity index (χ0n) is 17.2. The van der Waals surface area contributed by atoms with Gasteiger partial charge in [0.15, 0.2) is 0 Å². The van der Waals surface area contributed by atoms with Gasteiger partial charge >= 0.3 is 0 Å². The van der Waals surface area contributed by atoms with Crippen LogP contribution in [0.1, 0.15) is 10.4 Å². The fourth-order valence-corrected chi connectivity index (χ4v) is 3.82. The predicted molar refractivity (Wildman–Crippen MR) is 118 cm³/mol. The molecular formula is C22H22N2O6S. The zero-order valence-corrected chi connectivity index (χ0v) is 18.0. The van der Waals surface area contributed by atoms with Gasteiger partial charge in [-0.25, -0.2) is 8.42 Å². The number of anilines is 2. The molecule has 0 aliphatic carbocycles. The van der Waals surface area contributed by atoms with E-state index in [1.807, 2.05) is 0 Å². The lowest BCUT2D eigenvalue weighted by molar-refractivity contribution is 0.102. The minimum atomic E-state index is -3.89. The van der Waals surface area contributed by atoms with E-state index >= 15 is 0 Å². The molecule has 0 aliphatic rings. The van der Waals surface area contributed by atoms with Gasteiger partial charge in [0.05, 0.1) is 31.9 Å². The Morgan fingerprint density at radius 1 is 0.774 bits per heavy atom. The van der Waals surface area contributed by atoms with Crippen LogP contribution < -0.4 is 24.2 Å². The Bertz CT molecular complexity index is 1160. The zero-order chi connectivity index (χ0) is 22.4. The normalized spacial score (nSPS) is 10.8. The predicted octanol–water partition coefficient (Wildman–Crippen LogP) is 3.77. The Morgan fingerprint density at radius 2 is 1.39 bits per heavy atom. The molecule has 8 nitrogen and oxygen atoms in total. The van der Waals surface area contributed by atoms with E-state index in [2.05, 4.69) is 10.0 Å². The van der Waals surface area contributed by atoms with E-state index in [0.717, 1.165) is 0 Å². The number of benzene rings is 3. The van der Waals surface area contributed by atoms with E-state index in [-0.39, 0.29) is 16.5 Å². The Morgan fingerprint density at radius 3 is 1.97 bits per heavy atom. The number of hydrogen-bond donors (Lipinski definition) is 2. The number of amides is 1. The molecule has 2 N–H and O–H groups in total. The molecule has 0 atom stereocenters. The summed E-state index contributed by atoms with van der Waals surface area (Å²) < 4.78 is 43.5. The fraction of sp³-hybridized carbons (Fsp3) is 0.136. The van der Waals surface area contributed by atoms with Gasteiger partial charge in [0.25, 0.3) is 15.9 Å². The van der Waals surface area contributed by atoms with E-state index in [9.17, 15) is 13.2 Å². The first-order valence-corrected chi connectivity index (χ1v) is 10.6. The molecule has 0 saturated heterocycles. The summed E-state index contributed by atoms with van der Waals surface area (Å²) in [6.45, 7) is 0. The van der Waals surface area contributed by atoms with Crippen molar-refractivity contribution in [2.24, 2.45) is 0 Å². The Labute approximate surface area is 180 Å². The topological polar surface area (TPSA) is 103 Å². The number of ether oxygens (including phenoxy) is 3. The molecule has 0 fully saturated rings. The summed E-state index contributed by atoms with van der Waals surface area (Å²) in [5, 5.41) is 2.73. The van der Waals surface area contributed by atoms with Crippen LogP contribution in [0.15, 0.2) is 71.6 Å². The monoisotopic (exact) mass is 442 g/mol. The Kier molecular flexibility index (Phi) is 6.66. The molecule has 3 aromatic rings. The molecule has 0 aliphatic heterocycles. The number of carbonyl (C=O) groups excluding carboxylic acids is 1. The molecule has 31 heavy (non-hydrogen) atoms. The molecule has 3 aromatic carbocycles. The van der Waals surface area contributed by atoms with Gasteiger partial charge in [-0.15, -0.1) is 0 Å². The van der Waals surface area contributed by atoms with Crippen molar-refractivity contribution in [1.29, 1.82) is 0 Å². The molecular weight excluding hydrogens is 420 g/mol. The van der Waals surface area contributed by atoms with Gasteiger partial charge in [-0.3, -0.25) is 9.52 Å². The fourth-order valence-electron chi connectivity index (χ4n) is 2.76. The first-order valence-electron chi connectivity index (χ1n) is 9.16. The summed E-state index contributed by atoms with van der Waals surface area (Å²) in [5.74, 6) is 1.16. The third-order valence-electron chi connectivity index (χ3n) is 4.43. The number of nitrogens with one attached hydrogen (secondary N) is 2. The van der Waals surface area contributed by atoms with E-state index in [0.29, 0.717) is 28.5 Å². The largest absolute Gasteiger partial charge is 0.497 e. The van der Waals surface area contributed by atoms with E-state index < -0.39 is 10.0 Å². The number of carbonyl (C=O) groups is 1. The molecule has 0 radical (unpaired) electrons. The maximum absolute atomic E-state index is 12.8. The SMILES string of the molecule is COc1ccc(C(=O)Nc2ccc(S(=O)(=O)Nc3cc(OC)ccc3OC)cc2)cc1. The van der Waals surface area contributed by atoms with Crippen LogP contribution in [0.3, 0.4) is 0 Å². The van der Waals surface area contributed by atoms with Crippen LogP contribution in [-0.4, -0.2) is 35.7 Å². The van der Waals surface area contributed by atoms with Gasteiger partial charge in [0.1, 0.15) is 17.2 Å². The first kappa shape index (κ1) is 22.0. The van der Waals surface area contributed by atoms with E-state index in [4.69, 9.17) is 14.2 Å². The van der Waals surface area contributed by atoms with Gasteiger partial charge < -0.3 is 19.5 Å². The van der Waals surface area contributed by atoms with Crippen LogP contribution in [0.5, 0.6) is 17.2 Å². The van der Waals surface area contributed by atoms with Crippen molar-refractivity contribution < 1.29 is 27.4 Å². The highest BCUT2D eigenvalue weighted by atomic mass is 32.2. The average molecular weight is 442 g/mol. The number of hydrogen-bond acceptors (Lipinski definition) is 6. The van der Waals surface area contributed by atoms with E-state index in [1.54, 1.807) is 43.5 Å².